The van der Waals surface area contributed by atoms with Crippen molar-refractivity contribution in [3.8, 4) is 0 Å². The number of hydrogen-bond donors (Lipinski definition) is 5. The maximum absolute atomic E-state index is 12.3. The average molecular weight is 577 g/mol. The zero-order chi connectivity index (χ0) is 23.6. The predicted molar refractivity (Wildman–Crippen MR) is 126 cm³/mol. The molecule has 189 valence electrons. The molecule has 5 aliphatic rings. The number of cyclic esters (lactones) is 1. The largest absolute Gasteiger partial charge is 0.458 e. The molecule has 4 aliphatic carbocycles. The Bertz CT molecular complexity index is 932. The first-order valence-corrected chi connectivity index (χ1v) is 12.6. The molecule has 0 aromatic carbocycles. The Morgan fingerprint density at radius 1 is 1.21 bits per heavy atom. The van der Waals surface area contributed by atoms with E-state index in [0.717, 1.165) is 24.8 Å². The van der Waals surface area contributed by atoms with Crippen LogP contribution in [-0.2, 0) is 29.6 Å². The fraction of sp³-hybridized carbons (Fsp3) is 0.792. The quantitative estimate of drug-likeness (QED) is 0.148. The Hall–Kier alpha value is -0.901. The number of carbonyl (C=O) groups excluding carboxylic acids is 1. The number of esters is 1. The molecule has 8 nitrogen and oxygen atoms in total. The molecule has 8 atom stereocenters. The molecule has 10 heteroatoms. The van der Waals surface area contributed by atoms with E-state index >= 15 is 0 Å². The summed E-state index contributed by atoms with van der Waals surface area (Å²) in [4.78, 5) is 11.7. The number of nitrogens with zero attached hydrogens (tertiary/aromatic N) is 1. The third-order valence-electron chi connectivity index (χ3n) is 10.1. The fourth-order valence-electron chi connectivity index (χ4n) is 8.57. The summed E-state index contributed by atoms with van der Waals surface area (Å²) in [6.07, 6.45) is 8.63. The Balaban J connectivity index is 0.00000274. The number of carbonyl (C=O) groups is 1. The maximum Gasteiger partial charge on any atom is 0.331 e. The van der Waals surface area contributed by atoms with Crippen molar-refractivity contribution in [1.82, 2.24) is 5.43 Å². The van der Waals surface area contributed by atoms with Crippen molar-refractivity contribution >= 4 is 29.5 Å². The van der Waals surface area contributed by atoms with Gasteiger partial charge in [-0.05, 0) is 86.9 Å². The van der Waals surface area contributed by atoms with Crippen LogP contribution in [0.3, 0.4) is 0 Å². The van der Waals surface area contributed by atoms with Gasteiger partial charge in [-0.25, -0.2) is 4.79 Å². The molecule has 0 spiro atoms. The summed E-state index contributed by atoms with van der Waals surface area (Å²) in [7, 11) is 0. The van der Waals surface area contributed by atoms with Gasteiger partial charge < -0.3 is 25.8 Å². The van der Waals surface area contributed by atoms with Crippen LogP contribution in [0.1, 0.15) is 64.7 Å². The van der Waals surface area contributed by atoms with Crippen molar-refractivity contribution < 1.29 is 45.0 Å². The fourth-order valence-corrected chi connectivity index (χ4v) is 8.62. The number of fused-ring (bicyclic) bond motifs is 5. The van der Waals surface area contributed by atoms with Crippen LogP contribution >= 0.6 is 12.2 Å². The average Bonchev–Trinajstić information content (AvgIpc) is 3.28. The Morgan fingerprint density at radius 3 is 2.62 bits per heavy atom. The number of nitrogens with one attached hydrogen (secondary N) is 1. The van der Waals surface area contributed by atoms with Gasteiger partial charge in [0.15, 0.2) is 5.11 Å². The molecule has 1 radical (unpaired) electrons. The van der Waals surface area contributed by atoms with Crippen LogP contribution < -0.4 is 11.2 Å². The van der Waals surface area contributed by atoms with E-state index in [0.29, 0.717) is 45.1 Å². The SMILES string of the molecule is C[C@]12CC[C@H]3[C@@H](CC[C@]4(O)C[C@@H](O)CC[C@]34C=NNC(N)=S)[C@@]1(O)CC[C@@H]2C1=CC(=O)OC1.[99Tc]. The van der Waals surface area contributed by atoms with E-state index in [1.54, 1.807) is 12.3 Å². The van der Waals surface area contributed by atoms with Gasteiger partial charge in [-0.3, -0.25) is 5.43 Å². The Labute approximate surface area is 219 Å². The molecule has 5 rings (SSSR count). The normalized spacial score (nSPS) is 47.6. The van der Waals surface area contributed by atoms with Gasteiger partial charge >= 0.3 is 5.97 Å². The first-order valence-electron chi connectivity index (χ1n) is 12.1. The summed E-state index contributed by atoms with van der Waals surface area (Å²) in [6.45, 7) is 2.49. The third-order valence-corrected chi connectivity index (χ3v) is 10.2. The molecule has 4 fully saturated rings. The van der Waals surface area contributed by atoms with E-state index in [2.05, 4.69) is 17.5 Å². The number of aliphatic hydroxyl groups is 3. The second-order valence-corrected chi connectivity index (χ2v) is 11.7. The van der Waals surface area contributed by atoms with Gasteiger partial charge in [-0.1, -0.05) is 6.92 Å². The van der Waals surface area contributed by atoms with Gasteiger partial charge in [-0.2, -0.15) is 5.10 Å². The molecule has 0 bridgehead atoms. The zero-order valence-corrected chi connectivity index (χ0v) is 22.2. The molecule has 0 aromatic rings. The van der Waals surface area contributed by atoms with Gasteiger partial charge in [0, 0.05) is 49.6 Å². The number of nitrogens with two attached hydrogens (primary N) is 1. The van der Waals surface area contributed by atoms with Crippen LogP contribution in [-0.4, -0.2) is 56.5 Å². The van der Waals surface area contributed by atoms with Gasteiger partial charge in [0.25, 0.3) is 0 Å². The van der Waals surface area contributed by atoms with Crippen molar-refractivity contribution in [2.45, 2.75) is 82.0 Å². The maximum atomic E-state index is 12.3. The minimum atomic E-state index is -1.09. The summed E-state index contributed by atoms with van der Waals surface area (Å²) in [6, 6.07) is 0. The third kappa shape index (κ3) is 3.63. The zero-order valence-electron chi connectivity index (χ0n) is 19.5. The number of hydrazone groups is 1. The number of aliphatic hydroxyl groups excluding tert-OH is 1. The van der Waals surface area contributed by atoms with E-state index < -0.39 is 22.7 Å². The van der Waals surface area contributed by atoms with Crippen molar-refractivity contribution in [3.05, 3.63) is 11.6 Å². The van der Waals surface area contributed by atoms with Crippen molar-refractivity contribution in [2.24, 2.45) is 39.4 Å². The van der Waals surface area contributed by atoms with Crippen LogP contribution in [0.5, 0.6) is 0 Å². The molecular weight excluding hydrogens is 541 g/mol. The predicted octanol–water partition coefficient (Wildman–Crippen LogP) is 1.52. The second kappa shape index (κ2) is 8.89. The smallest absolute Gasteiger partial charge is 0.331 e. The van der Waals surface area contributed by atoms with Crippen LogP contribution in [0, 0.1) is 28.6 Å². The Morgan fingerprint density at radius 2 is 1.94 bits per heavy atom. The van der Waals surface area contributed by atoms with Crippen molar-refractivity contribution in [2.75, 3.05) is 6.61 Å². The van der Waals surface area contributed by atoms with E-state index in [9.17, 15) is 20.1 Å². The summed E-state index contributed by atoms with van der Waals surface area (Å²) in [5, 5.41) is 39.0. The van der Waals surface area contributed by atoms with Gasteiger partial charge in [-0.15, -0.1) is 0 Å². The van der Waals surface area contributed by atoms with Crippen LogP contribution in [0.2, 0.25) is 0 Å². The van der Waals surface area contributed by atoms with E-state index in [1.807, 2.05) is 0 Å². The van der Waals surface area contributed by atoms with E-state index in [-0.39, 0.29) is 54.4 Å². The molecule has 0 unspecified atom stereocenters. The standard InChI is InChI=1S/C24H35N3O5S.Tc/c1-21-6-3-17-18(24(21,31)9-5-16(21)14-10-19(29)32-12-14)4-8-23(30)11-15(28)2-7-22(17,23)13-26-27-20(25)33;/h10,13,15-18,28,30-31H,2-9,11-12H2,1H3,(H3,25,27,33);/t15-,16+,17-,18+,21+,22-,23-,24-;/m0./s1/i;1+1. The minimum absolute atomic E-state index is 0. The van der Waals surface area contributed by atoms with E-state index in [1.165, 1.54) is 0 Å². The van der Waals surface area contributed by atoms with Crippen molar-refractivity contribution in [3.63, 3.8) is 0 Å². The Kier molecular flexibility index (Phi) is 6.84. The van der Waals surface area contributed by atoms with Crippen LogP contribution in [0.4, 0.5) is 0 Å². The number of thiocarbonyl (C=S) groups is 1. The molecule has 4 saturated carbocycles. The van der Waals surface area contributed by atoms with Crippen LogP contribution in [0.15, 0.2) is 16.8 Å². The summed E-state index contributed by atoms with van der Waals surface area (Å²) in [5.41, 5.74) is 6.20. The molecule has 6 N–H and O–H groups in total. The summed E-state index contributed by atoms with van der Waals surface area (Å²) >= 11 is 4.91. The molecule has 0 saturated heterocycles. The first kappa shape index (κ1) is 26.2. The topological polar surface area (TPSA) is 137 Å². The van der Waals surface area contributed by atoms with Crippen LogP contribution in [0.25, 0.3) is 0 Å². The van der Waals surface area contributed by atoms with Gasteiger partial charge in [0.1, 0.15) is 6.61 Å². The minimum Gasteiger partial charge on any atom is -0.458 e. The van der Waals surface area contributed by atoms with Gasteiger partial charge in [0.05, 0.1) is 17.3 Å². The monoisotopic (exact) mass is 576 g/mol. The van der Waals surface area contributed by atoms with Gasteiger partial charge in [0.2, 0.25) is 0 Å². The summed E-state index contributed by atoms with van der Waals surface area (Å²) < 4.78 is 5.20. The summed E-state index contributed by atoms with van der Waals surface area (Å²) in [5.74, 6) is -0.161. The molecule has 1 heterocycles. The second-order valence-electron chi connectivity index (χ2n) is 11.3. The number of rotatable bonds is 3. The first-order chi connectivity index (χ1) is 15.5. The molecule has 34 heavy (non-hydrogen) atoms. The molecule has 0 amide bonds. The number of ether oxygens (including phenoxy) is 1. The molecular formula is C24H35N3O5STc. The molecule has 1 aliphatic heterocycles. The molecule has 0 aromatic heterocycles. The number of hydrogen-bond acceptors (Lipinski definition) is 7. The van der Waals surface area contributed by atoms with Crippen molar-refractivity contribution in [1.29, 1.82) is 0 Å². The van der Waals surface area contributed by atoms with E-state index in [4.69, 9.17) is 22.7 Å².